The number of rotatable bonds is 12. The van der Waals surface area contributed by atoms with Gasteiger partial charge in [-0.15, -0.1) is 0 Å². The fourth-order valence-corrected chi connectivity index (χ4v) is 2.37. The van der Waals surface area contributed by atoms with Crippen molar-refractivity contribution in [3.8, 4) is 0 Å². The van der Waals surface area contributed by atoms with Gasteiger partial charge in [0.2, 0.25) is 0 Å². The van der Waals surface area contributed by atoms with Crippen LogP contribution in [0.2, 0.25) is 0 Å². The van der Waals surface area contributed by atoms with E-state index >= 15 is 0 Å². The Bertz CT molecular complexity index is 2890. The van der Waals surface area contributed by atoms with Crippen LogP contribution < -0.4 is 21.3 Å². The van der Waals surface area contributed by atoms with Crippen molar-refractivity contribution in [2.75, 3.05) is 26.3 Å². The lowest BCUT2D eigenvalue weighted by Crippen LogP contribution is -2.44. The molecule has 0 aliphatic rings. The highest BCUT2D eigenvalue weighted by Crippen LogP contribution is 1.85. The summed E-state index contributed by atoms with van der Waals surface area (Å²) in [7, 11) is 0. The van der Waals surface area contributed by atoms with Crippen LogP contribution in [0.25, 0.3) is 0 Å². The van der Waals surface area contributed by atoms with Crippen LogP contribution in [0.1, 0.15) is 12.8 Å². The Kier molecular flexibility index (Phi) is 32.2. The van der Waals surface area contributed by atoms with Gasteiger partial charge in [0, 0.05) is 105 Å². The highest BCUT2D eigenvalue weighted by atomic mass is 16.5. The van der Waals surface area contributed by atoms with E-state index in [1.807, 2.05) is 0 Å². The third-order valence-electron chi connectivity index (χ3n) is 4.38. The molecule has 0 bridgehead atoms. The molecule has 0 heterocycles. The van der Waals surface area contributed by atoms with Gasteiger partial charge in [-0.1, -0.05) is 18.9 Å². The Hall–Kier alpha value is -10.1. The largest absolute Gasteiger partial charge is 0.502 e. The fourth-order valence-electron chi connectivity index (χ4n) is 2.37. The zero-order valence-corrected chi connectivity index (χ0v) is 29.7. The first-order valence-corrected chi connectivity index (χ1v) is 15.3. The van der Waals surface area contributed by atoms with Gasteiger partial charge in [-0.2, -0.15) is 0 Å². The van der Waals surface area contributed by atoms with Crippen LogP contribution in [0.3, 0.4) is 0 Å². The van der Waals surface area contributed by atoms with Crippen molar-refractivity contribution in [3.05, 3.63) is 233 Å². The summed E-state index contributed by atoms with van der Waals surface area (Å²) in [5.41, 5.74) is 84.5. The number of amides is 4. The highest BCUT2D eigenvalue weighted by Gasteiger charge is 2.07. The first kappa shape index (κ1) is 45.9. The van der Waals surface area contributed by atoms with Gasteiger partial charge < -0.3 is 20.1 Å². The Labute approximate surface area is 323 Å². The normalized spacial score (nSPS) is 6.00. The predicted molar refractivity (Wildman–Crippen MR) is 203 cm³/mol. The predicted octanol–water partition coefficient (Wildman–Crippen LogP) is 6.43. The van der Waals surface area contributed by atoms with Crippen LogP contribution >= 0.6 is 0 Å². The number of carbonyl (C=O) groups excluding carboxylic acids is 2. The lowest BCUT2D eigenvalue weighted by atomic mass is 10.4. The Morgan fingerprint density at radius 3 is 0.911 bits per heavy atom. The third-order valence-corrected chi connectivity index (χ3v) is 4.38. The Morgan fingerprint density at radius 2 is 0.661 bits per heavy atom. The Balaban J connectivity index is 6.12. The molecule has 56 heavy (non-hydrogen) atoms. The molecule has 0 aliphatic heterocycles. The minimum absolute atomic E-state index is 0.0986. The molecule has 4 amide bonds. The molecule has 260 valence electrons. The third kappa shape index (κ3) is 36.7. The van der Waals surface area contributed by atoms with Gasteiger partial charge in [-0.05, 0) is 117 Å². The van der Waals surface area contributed by atoms with Gasteiger partial charge in [-0.3, -0.25) is 10.6 Å². The molecule has 0 aromatic rings. The van der Waals surface area contributed by atoms with E-state index in [0.717, 1.165) is 0 Å². The second-order valence-electron chi connectivity index (χ2n) is 8.22. The summed E-state index contributed by atoms with van der Waals surface area (Å²) >= 11 is 0. The van der Waals surface area contributed by atoms with Gasteiger partial charge in [0.1, 0.15) is 0 Å². The van der Waals surface area contributed by atoms with Crippen molar-refractivity contribution in [1.82, 2.24) is 21.3 Å². The average Bonchev–Trinajstić information content (AvgIpc) is 3.19. The van der Waals surface area contributed by atoms with Gasteiger partial charge in [0.25, 0.3) is 0 Å². The van der Waals surface area contributed by atoms with Crippen molar-refractivity contribution < 1.29 is 19.1 Å². The molecule has 0 rings (SSSR count). The van der Waals surface area contributed by atoms with Crippen LogP contribution in [-0.2, 0) is 9.47 Å². The topological polar surface area (TPSA) is 101 Å². The zero-order chi connectivity index (χ0) is 40.7. The zero-order valence-electron chi connectivity index (χ0n) is 29.7. The minimum Gasteiger partial charge on any atom is -0.502 e. The molecule has 0 fully saturated rings. The SMILES string of the molecule is C=C=C=C=C=C=C=C=C=C=C=C=C=C=C=C=C=C=C=C=C=C=C=C=C=C=C=C=C=C=C=C=C=C=C=C(NC(=O)NCCCOC=C)NC(=O)NCCCOC=C. The summed E-state index contributed by atoms with van der Waals surface area (Å²) in [6, 6.07) is -1.17. The number of hydrogen-bond acceptors (Lipinski definition) is 4. The lowest BCUT2D eigenvalue weighted by molar-refractivity contribution is 0.231. The molecule has 0 aromatic carbocycles. The summed E-state index contributed by atoms with van der Waals surface area (Å²) in [5, 5.41) is 10.1. The summed E-state index contributed by atoms with van der Waals surface area (Å²) < 4.78 is 9.99. The second-order valence-corrected chi connectivity index (χ2v) is 8.22. The van der Waals surface area contributed by atoms with Crippen molar-refractivity contribution in [2.24, 2.45) is 0 Å². The molecule has 4 N–H and O–H groups in total. The van der Waals surface area contributed by atoms with Crippen molar-refractivity contribution >= 4 is 12.1 Å². The number of hydrogen-bond donors (Lipinski definition) is 4. The van der Waals surface area contributed by atoms with E-state index in [4.69, 9.17) is 9.47 Å². The number of carbonyl (C=O) groups is 2. The number of nitrogens with one attached hydrogen (secondary N) is 4. The van der Waals surface area contributed by atoms with E-state index in [1.54, 1.807) is 0 Å². The molecule has 8 nitrogen and oxygen atoms in total. The maximum absolute atomic E-state index is 12.2. The molecule has 0 aromatic heterocycles. The lowest BCUT2D eigenvalue weighted by Gasteiger charge is -2.11. The molecule has 8 heteroatoms. The van der Waals surface area contributed by atoms with E-state index < -0.39 is 12.1 Å². The number of urea groups is 2. The van der Waals surface area contributed by atoms with E-state index in [0.29, 0.717) is 39.1 Å². The molecule has 0 saturated heterocycles. The van der Waals surface area contributed by atoms with Crippen molar-refractivity contribution in [3.63, 3.8) is 0 Å². The van der Waals surface area contributed by atoms with E-state index in [9.17, 15) is 9.59 Å². The summed E-state index contributed by atoms with van der Waals surface area (Å²) in [6.45, 7) is 11.6. The molecule has 0 unspecified atom stereocenters. The average molecular weight is 721 g/mol. The fraction of sp³-hybridized carbons (Fsp3) is 0.125. The molecule has 0 spiro atoms. The summed E-state index contributed by atoms with van der Waals surface area (Å²) in [6.07, 6.45) is 3.71. The molecular weight excluding hydrogens is 697 g/mol. The first-order chi connectivity index (χ1) is 27.6. The van der Waals surface area contributed by atoms with Gasteiger partial charge >= 0.3 is 12.1 Å². The summed E-state index contributed by atoms with van der Waals surface area (Å²) in [4.78, 5) is 24.4. The van der Waals surface area contributed by atoms with Crippen LogP contribution in [0.4, 0.5) is 9.59 Å². The second kappa shape index (κ2) is 39.3. The first-order valence-electron chi connectivity index (χ1n) is 15.3. The standard InChI is InChI=1S/C48H24N4O4/c1-4-7-8-9-10-11-12-13-14-15-16-17-18-19-20-21-22-23-24-25-26-27-28-29-30-31-32-33-34-35-36-37-38-41-46(51-47(53)49-42-39-44-55-5-2)52-48(54)50-43-40-45-56-6-3/h5-6H,1-3,39-40,42-45H2,(H2,49,51,53)(H2,50,52,54). The van der Waals surface area contributed by atoms with Gasteiger partial charge in [0.05, 0.1) is 25.7 Å². The van der Waals surface area contributed by atoms with E-state index in [2.05, 4.69) is 236 Å². The molecular formula is C48H24N4O4. The molecule has 0 radical (unpaired) electrons. The molecule has 0 atom stereocenters. The maximum Gasteiger partial charge on any atom is 0.320 e. The van der Waals surface area contributed by atoms with E-state index in [1.165, 1.54) is 12.5 Å². The van der Waals surface area contributed by atoms with Crippen molar-refractivity contribution in [1.29, 1.82) is 0 Å². The smallest absolute Gasteiger partial charge is 0.320 e. The highest BCUT2D eigenvalue weighted by molar-refractivity contribution is 5.79. The monoisotopic (exact) mass is 720 g/mol. The molecule has 0 aliphatic carbocycles. The Morgan fingerprint density at radius 1 is 0.411 bits per heavy atom. The van der Waals surface area contributed by atoms with Gasteiger partial charge in [-0.25, -0.2) is 9.59 Å². The quantitative estimate of drug-likeness (QED) is 0.106. The van der Waals surface area contributed by atoms with Crippen molar-refractivity contribution in [2.45, 2.75) is 12.8 Å². The minimum atomic E-state index is -0.587. The number of ether oxygens (including phenoxy) is 2. The maximum atomic E-state index is 12.2. The molecule has 0 saturated carbocycles. The van der Waals surface area contributed by atoms with Crippen LogP contribution in [0, 0.1) is 0 Å². The van der Waals surface area contributed by atoms with Crippen LogP contribution in [0.5, 0.6) is 0 Å². The van der Waals surface area contributed by atoms with Crippen LogP contribution in [-0.4, -0.2) is 38.4 Å². The van der Waals surface area contributed by atoms with Crippen LogP contribution in [0.15, 0.2) is 233 Å². The summed E-state index contributed by atoms with van der Waals surface area (Å²) in [5.74, 6) is -0.0986. The van der Waals surface area contributed by atoms with E-state index in [-0.39, 0.29) is 5.82 Å². The van der Waals surface area contributed by atoms with Gasteiger partial charge in [0.15, 0.2) is 5.82 Å².